The summed E-state index contributed by atoms with van der Waals surface area (Å²) in [6, 6.07) is 0. The Labute approximate surface area is 126 Å². The van der Waals surface area contributed by atoms with Gasteiger partial charge >= 0.3 is 5.97 Å². The van der Waals surface area contributed by atoms with E-state index in [9.17, 15) is 4.79 Å². The van der Waals surface area contributed by atoms with Crippen LogP contribution in [0.4, 0.5) is 0 Å². The van der Waals surface area contributed by atoms with Gasteiger partial charge in [0.1, 0.15) is 0 Å². The first kappa shape index (κ1) is 17.0. The number of carboxylic acids is 1. The van der Waals surface area contributed by atoms with E-state index >= 15 is 0 Å². The van der Waals surface area contributed by atoms with Crippen LogP contribution in [0.5, 0.6) is 0 Å². The fourth-order valence-electron chi connectivity index (χ4n) is 1.99. The smallest absolute Gasteiger partial charge is 0.303 e. The van der Waals surface area contributed by atoms with Crippen LogP contribution < -0.4 is 0 Å². The van der Waals surface area contributed by atoms with Crippen LogP contribution in [0.2, 0.25) is 0 Å². The molecule has 2 nitrogen and oxygen atoms in total. The van der Waals surface area contributed by atoms with Crippen LogP contribution in [-0.4, -0.2) is 11.1 Å². The predicted octanol–water partition coefficient (Wildman–Crippen LogP) is 5.88. The zero-order valence-corrected chi connectivity index (χ0v) is 13.0. The Kier molecular flexibility index (Phi) is 13.6. The summed E-state index contributed by atoms with van der Waals surface area (Å²) in [6.45, 7) is 2.20. The molecule has 0 spiro atoms. The third-order valence-corrected chi connectivity index (χ3v) is 3.23. The third-order valence-electron chi connectivity index (χ3n) is 3.23. The van der Waals surface area contributed by atoms with Crippen LogP contribution in [0.1, 0.15) is 85.3 Å². The van der Waals surface area contributed by atoms with Crippen molar-refractivity contribution < 1.29 is 11.3 Å². The molecule has 1 atom stereocenters. The minimum absolute atomic E-state index is 0.206. The average molecular weight is 281 g/mol. The van der Waals surface area contributed by atoms with Gasteiger partial charge in [0.25, 0.3) is 0 Å². The number of aliphatic carboxylic acids is 1. The highest BCUT2D eigenvalue weighted by Crippen LogP contribution is 2.08. The molecule has 0 bridgehead atoms. The number of allylic oxidation sites excluding steroid dienone is 4. The Morgan fingerprint density at radius 3 is 2.05 bits per heavy atom. The summed E-state index contributed by atoms with van der Waals surface area (Å²) in [5.74, 6) is -0.692. The molecule has 0 aliphatic heterocycles. The standard InChI is InChI=1S/C18H32O2/c1-2-3-4-5-6-7-8-9-10-11-12-13-14-15-16-17-18(19)20/h6-7,9-10H,2-5,8,11-17H2,1H3,(H,19,20)/b7-6-,10-9-/i8D. The molecule has 116 valence electrons. The summed E-state index contributed by atoms with van der Waals surface area (Å²) in [6.07, 6.45) is 19.3. The van der Waals surface area contributed by atoms with E-state index in [0.29, 0.717) is 6.42 Å². The first-order valence-corrected chi connectivity index (χ1v) is 8.14. The van der Waals surface area contributed by atoms with E-state index in [1.165, 1.54) is 19.3 Å². The van der Waals surface area contributed by atoms with Gasteiger partial charge in [0, 0.05) is 7.79 Å². The van der Waals surface area contributed by atoms with E-state index in [-0.39, 0.29) is 6.40 Å². The lowest BCUT2D eigenvalue weighted by Gasteiger charge is -1.98. The van der Waals surface area contributed by atoms with Gasteiger partial charge in [-0.1, -0.05) is 63.3 Å². The Hall–Kier alpha value is -1.05. The van der Waals surface area contributed by atoms with Gasteiger partial charge in [-0.05, 0) is 38.5 Å². The van der Waals surface area contributed by atoms with Crippen LogP contribution >= 0.6 is 0 Å². The Balaban J connectivity index is 3.39. The zero-order chi connectivity index (χ0) is 15.8. The highest BCUT2D eigenvalue weighted by Gasteiger charge is 1.95. The van der Waals surface area contributed by atoms with E-state index in [1.54, 1.807) is 0 Å². The molecule has 0 aromatic heterocycles. The van der Waals surface area contributed by atoms with Crippen molar-refractivity contribution in [2.24, 2.45) is 0 Å². The lowest BCUT2D eigenvalue weighted by atomic mass is 10.1. The van der Waals surface area contributed by atoms with Crippen LogP contribution in [-0.2, 0) is 4.79 Å². The van der Waals surface area contributed by atoms with E-state index in [2.05, 4.69) is 19.1 Å². The molecular formula is C18H32O2. The molecule has 0 aromatic carbocycles. The van der Waals surface area contributed by atoms with Crippen molar-refractivity contribution in [1.29, 1.82) is 0 Å². The van der Waals surface area contributed by atoms with Gasteiger partial charge in [0.15, 0.2) is 0 Å². The van der Waals surface area contributed by atoms with Crippen molar-refractivity contribution in [2.45, 2.75) is 83.9 Å². The molecule has 0 rings (SSSR count). The molecule has 0 fully saturated rings. The molecule has 0 aliphatic carbocycles. The first-order valence-electron chi connectivity index (χ1n) is 8.72. The minimum atomic E-state index is -0.692. The number of hydrogen-bond acceptors (Lipinski definition) is 1. The van der Waals surface area contributed by atoms with Gasteiger partial charge in [-0.25, -0.2) is 0 Å². The number of hydrogen-bond donors (Lipinski definition) is 1. The summed E-state index contributed by atoms with van der Waals surface area (Å²) in [7, 11) is 0. The highest BCUT2D eigenvalue weighted by atomic mass is 16.4. The maximum absolute atomic E-state index is 10.3. The molecule has 1 unspecified atom stereocenters. The molecule has 0 saturated heterocycles. The van der Waals surface area contributed by atoms with Gasteiger partial charge in [-0.3, -0.25) is 4.79 Å². The molecule has 1 N–H and O–H groups in total. The maximum Gasteiger partial charge on any atom is 0.303 e. The Bertz CT molecular complexity index is 298. The van der Waals surface area contributed by atoms with E-state index in [4.69, 9.17) is 6.48 Å². The van der Waals surface area contributed by atoms with Crippen molar-refractivity contribution in [3.8, 4) is 0 Å². The lowest BCUT2D eigenvalue weighted by molar-refractivity contribution is -0.137. The van der Waals surface area contributed by atoms with Crippen molar-refractivity contribution in [2.75, 3.05) is 0 Å². The molecule has 0 radical (unpaired) electrons. The van der Waals surface area contributed by atoms with Crippen LogP contribution in [0.25, 0.3) is 0 Å². The largest absolute Gasteiger partial charge is 0.481 e. The molecule has 0 saturated carbocycles. The van der Waals surface area contributed by atoms with Gasteiger partial charge < -0.3 is 5.11 Å². The van der Waals surface area contributed by atoms with Crippen molar-refractivity contribution >= 4 is 5.97 Å². The summed E-state index contributed by atoms with van der Waals surface area (Å²) >= 11 is 0. The Morgan fingerprint density at radius 2 is 1.45 bits per heavy atom. The van der Waals surface area contributed by atoms with Gasteiger partial charge in [0.05, 0.1) is 0 Å². The second-order valence-corrected chi connectivity index (χ2v) is 5.24. The van der Waals surface area contributed by atoms with Crippen LogP contribution in [0.3, 0.4) is 0 Å². The quantitative estimate of drug-likeness (QED) is 0.318. The molecule has 20 heavy (non-hydrogen) atoms. The topological polar surface area (TPSA) is 37.3 Å². The zero-order valence-electron chi connectivity index (χ0n) is 14.0. The second kappa shape index (κ2) is 16.0. The van der Waals surface area contributed by atoms with Crippen LogP contribution in [0.15, 0.2) is 24.3 Å². The van der Waals surface area contributed by atoms with Crippen molar-refractivity contribution in [3.05, 3.63) is 24.3 Å². The number of unbranched alkanes of at least 4 members (excludes halogenated alkanes) is 8. The maximum atomic E-state index is 10.3. The average Bonchev–Trinajstić information content (AvgIpc) is 2.45. The SMILES string of the molecule is [2H]C(/C=C\CCCCC)/C=C\CCCCCCCC(=O)O. The number of rotatable bonds is 14. The van der Waals surface area contributed by atoms with Gasteiger partial charge in [-0.15, -0.1) is 0 Å². The van der Waals surface area contributed by atoms with E-state index in [1.807, 2.05) is 12.2 Å². The second-order valence-electron chi connectivity index (χ2n) is 5.24. The summed E-state index contributed by atoms with van der Waals surface area (Å²) in [5.41, 5.74) is 0. The molecular weight excluding hydrogens is 248 g/mol. The summed E-state index contributed by atoms with van der Waals surface area (Å²) in [5, 5.41) is 8.51. The normalized spacial score (nSPS) is 13.9. The monoisotopic (exact) mass is 281 g/mol. The summed E-state index contributed by atoms with van der Waals surface area (Å²) < 4.78 is 7.83. The van der Waals surface area contributed by atoms with Crippen molar-refractivity contribution in [3.63, 3.8) is 0 Å². The lowest BCUT2D eigenvalue weighted by Crippen LogP contribution is -1.93. The van der Waals surface area contributed by atoms with Crippen LogP contribution in [0, 0.1) is 0 Å². The fraction of sp³-hybridized carbons (Fsp3) is 0.722. The van der Waals surface area contributed by atoms with Crippen molar-refractivity contribution in [1.82, 2.24) is 0 Å². The summed E-state index contributed by atoms with van der Waals surface area (Å²) in [4.78, 5) is 10.3. The molecule has 0 heterocycles. The first-order chi connectivity index (χ1) is 10.2. The third kappa shape index (κ3) is 16.9. The molecule has 0 aromatic rings. The number of carbonyl (C=O) groups is 1. The molecule has 2 heteroatoms. The minimum Gasteiger partial charge on any atom is -0.481 e. The van der Waals surface area contributed by atoms with E-state index < -0.39 is 5.97 Å². The Morgan fingerprint density at radius 1 is 0.900 bits per heavy atom. The van der Waals surface area contributed by atoms with E-state index in [0.717, 1.165) is 44.9 Å². The van der Waals surface area contributed by atoms with Gasteiger partial charge in [-0.2, -0.15) is 0 Å². The molecule has 0 amide bonds. The number of carboxylic acid groups (broad SMARTS) is 1. The molecule has 0 aliphatic rings. The fourth-order valence-corrected chi connectivity index (χ4v) is 1.99. The van der Waals surface area contributed by atoms with Gasteiger partial charge in [0.2, 0.25) is 0 Å². The highest BCUT2D eigenvalue weighted by molar-refractivity contribution is 5.66. The predicted molar refractivity (Wildman–Crippen MR) is 87.0 cm³/mol.